The van der Waals surface area contributed by atoms with E-state index in [9.17, 15) is 14.7 Å². The zero-order chi connectivity index (χ0) is 22.2. The molecular weight excluding hydrogens is 404 g/mol. The fourth-order valence-corrected chi connectivity index (χ4v) is 5.13. The highest BCUT2D eigenvalue weighted by molar-refractivity contribution is 5.83. The molecule has 1 saturated heterocycles. The van der Waals surface area contributed by atoms with E-state index in [-0.39, 0.29) is 42.0 Å². The number of carbonyl (C=O) groups is 1. The van der Waals surface area contributed by atoms with Gasteiger partial charge in [0.25, 0.3) is 5.56 Å². The van der Waals surface area contributed by atoms with Crippen LogP contribution in [0.4, 0.5) is 0 Å². The lowest BCUT2D eigenvalue weighted by Crippen LogP contribution is -2.46. The molecule has 5 atom stereocenters. The van der Waals surface area contributed by atoms with Crippen molar-refractivity contribution in [2.24, 2.45) is 11.8 Å². The topological polar surface area (TPSA) is 96.3 Å². The quantitative estimate of drug-likeness (QED) is 0.576. The van der Waals surface area contributed by atoms with Crippen LogP contribution in [-0.4, -0.2) is 33.2 Å². The van der Waals surface area contributed by atoms with Crippen molar-refractivity contribution in [2.45, 2.75) is 31.6 Å². The standard InChI is InChI=1S/C25H26N4O3/c1-15(16-5-3-2-4-6-16)27-24(31)23-20(14-30)19-13-29-21(22(19)28-23)8-7-18(25(29)32)17-9-11-26-12-10-17/h2-12,15,19-20,22-23,28,30H,13-14H2,1H3,(H,27,31)/t15-,19-,20-,22+,23-/m1/s1. The fraction of sp³-hybridized carbons (Fsp3) is 0.320. The molecule has 2 aromatic heterocycles. The van der Waals surface area contributed by atoms with Crippen LogP contribution >= 0.6 is 0 Å². The molecule has 3 aromatic rings. The number of benzene rings is 1. The van der Waals surface area contributed by atoms with Crippen LogP contribution in [0.15, 0.2) is 71.8 Å². The van der Waals surface area contributed by atoms with E-state index in [0.717, 1.165) is 16.8 Å². The number of hydrogen-bond donors (Lipinski definition) is 3. The second-order valence-electron chi connectivity index (χ2n) is 8.60. The number of hydrogen-bond acceptors (Lipinski definition) is 5. The van der Waals surface area contributed by atoms with Crippen molar-refractivity contribution in [3.8, 4) is 11.1 Å². The summed E-state index contributed by atoms with van der Waals surface area (Å²) in [6, 6.07) is 16.4. The normalized spacial score (nSPS) is 24.6. The number of carbonyl (C=O) groups excluding carboxylic acids is 1. The summed E-state index contributed by atoms with van der Waals surface area (Å²) in [7, 11) is 0. The Bertz CT molecular complexity index is 1180. The van der Waals surface area contributed by atoms with Gasteiger partial charge in [-0.15, -0.1) is 0 Å². The van der Waals surface area contributed by atoms with Crippen molar-refractivity contribution >= 4 is 5.91 Å². The maximum Gasteiger partial charge on any atom is 0.258 e. The molecule has 1 fully saturated rings. The van der Waals surface area contributed by atoms with Crippen molar-refractivity contribution in [1.82, 2.24) is 20.2 Å². The predicted molar refractivity (Wildman–Crippen MR) is 121 cm³/mol. The lowest BCUT2D eigenvalue weighted by atomic mass is 9.88. The lowest BCUT2D eigenvalue weighted by Gasteiger charge is -2.23. The van der Waals surface area contributed by atoms with E-state index in [2.05, 4.69) is 15.6 Å². The third kappa shape index (κ3) is 3.43. The molecule has 2 aliphatic heterocycles. The molecule has 164 valence electrons. The molecule has 7 nitrogen and oxygen atoms in total. The van der Waals surface area contributed by atoms with Crippen molar-refractivity contribution in [1.29, 1.82) is 0 Å². The van der Waals surface area contributed by atoms with Crippen LogP contribution in [0.5, 0.6) is 0 Å². The number of amides is 1. The average Bonchev–Trinajstić information content (AvgIpc) is 3.37. The molecule has 7 heteroatoms. The van der Waals surface area contributed by atoms with Gasteiger partial charge in [-0.25, -0.2) is 0 Å². The van der Waals surface area contributed by atoms with Crippen LogP contribution in [0, 0.1) is 11.8 Å². The number of aliphatic hydroxyl groups is 1. The van der Waals surface area contributed by atoms with Gasteiger partial charge in [-0.1, -0.05) is 30.3 Å². The van der Waals surface area contributed by atoms with E-state index < -0.39 is 6.04 Å². The zero-order valence-electron chi connectivity index (χ0n) is 17.8. The Morgan fingerprint density at radius 2 is 1.94 bits per heavy atom. The second-order valence-corrected chi connectivity index (χ2v) is 8.60. The Labute approximate surface area is 186 Å². The van der Waals surface area contributed by atoms with Gasteiger partial charge in [-0.3, -0.25) is 19.9 Å². The van der Waals surface area contributed by atoms with E-state index in [0.29, 0.717) is 12.1 Å². The molecule has 4 heterocycles. The molecular formula is C25H26N4O3. The highest BCUT2D eigenvalue weighted by Gasteiger charge is 2.50. The van der Waals surface area contributed by atoms with E-state index in [1.54, 1.807) is 17.0 Å². The number of nitrogens with one attached hydrogen (secondary N) is 2. The zero-order valence-corrected chi connectivity index (χ0v) is 17.8. The van der Waals surface area contributed by atoms with Crippen molar-refractivity contribution in [3.05, 3.63) is 88.6 Å². The average molecular weight is 431 g/mol. The van der Waals surface area contributed by atoms with Gasteiger partial charge in [0.15, 0.2) is 0 Å². The van der Waals surface area contributed by atoms with Gasteiger partial charge in [0, 0.05) is 48.6 Å². The smallest absolute Gasteiger partial charge is 0.258 e. The van der Waals surface area contributed by atoms with E-state index in [4.69, 9.17) is 0 Å². The van der Waals surface area contributed by atoms with Crippen molar-refractivity contribution < 1.29 is 9.90 Å². The molecule has 3 N–H and O–H groups in total. The van der Waals surface area contributed by atoms with Gasteiger partial charge >= 0.3 is 0 Å². The van der Waals surface area contributed by atoms with Crippen molar-refractivity contribution in [2.75, 3.05) is 6.61 Å². The third-order valence-corrected chi connectivity index (χ3v) is 6.83. The highest BCUT2D eigenvalue weighted by atomic mass is 16.3. The largest absolute Gasteiger partial charge is 0.396 e. The summed E-state index contributed by atoms with van der Waals surface area (Å²) >= 11 is 0. The van der Waals surface area contributed by atoms with Gasteiger partial charge < -0.3 is 15.0 Å². The van der Waals surface area contributed by atoms with Crippen LogP contribution in [0.2, 0.25) is 0 Å². The Hall–Kier alpha value is -3.29. The number of aliphatic hydroxyl groups excluding tert-OH is 1. The summed E-state index contributed by atoms with van der Waals surface area (Å²) < 4.78 is 1.78. The van der Waals surface area contributed by atoms with Gasteiger partial charge in [0.2, 0.25) is 5.91 Å². The summed E-state index contributed by atoms with van der Waals surface area (Å²) in [5.41, 5.74) is 3.29. The molecule has 0 saturated carbocycles. The van der Waals surface area contributed by atoms with Gasteiger partial charge in [0.05, 0.1) is 18.1 Å². The number of aromatic nitrogens is 2. The Balaban J connectivity index is 1.38. The molecule has 0 bridgehead atoms. The minimum Gasteiger partial charge on any atom is -0.396 e. The van der Waals surface area contributed by atoms with Crippen molar-refractivity contribution in [3.63, 3.8) is 0 Å². The van der Waals surface area contributed by atoms with E-state index >= 15 is 0 Å². The molecule has 32 heavy (non-hydrogen) atoms. The third-order valence-electron chi connectivity index (χ3n) is 6.83. The first-order valence-electron chi connectivity index (χ1n) is 10.9. The molecule has 0 radical (unpaired) electrons. The Morgan fingerprint density at radius 1 is 1.19 bits per heavy atom. The molecule has 1 amide bonds. The second kappa shape index (κ2) is 8.33. The Morgan fingerprint density at radius 3 is 2.66 bits per heavy atom. The van der Waals surface area contributed by atoms with Crippen LogP contribution in [0.25, 0.3) is 11.1 Å². The monoisotopic (exact) mass is 430 g/mol. The summed E-state index contributed by atoms with van der Waals surface area (Å²) in [6.45, 7) is 2.31. The first kappa shape index (κ1) is 20.6. The lowest BCUT2D eigenvalue weighted by molar-refractivity contribution is -0.125. The first-order chi connectivity index (χ1) is 15.6. The summed E-state index contributed by atoms with van der Waals surface area (Å²) in [4.78, 5) is 30.3. The molecule has 5 rings (SSSR count). The van der Waals surface area contributed by atoms with E-state index in [1.807, 2.05) is 61.5 Å². The number of rotatable bonds is 5. The summed E-state index contributed by atoms with van der Waals surface area (Å²) in [6.07, 6.45) is 3.34. The molecule has 1 aromatic carbocycles. The first-order valence-corrected chi connectivity index (χ1v) is 10.9. The van der Waals surface area contributed by atoms with Gasteiger partial charge in [-0.2, -0.15) is 0 Å². The summed E-state index contributed by atoms with van der Waals surface area (Å²) in [5, 5.41) is 16.6. The fourth-order valence-electron chi connectivity index (χ4n) is 5.13. The maximum atomic E-state index is 13.2. The molecule has 2 aliphatic rings. The molecule has 0 aliphatic carbocycles. The molecule has 0 spiro atoms. The number of fused-ring (bicyclic) bond motifs is 3. The minimum absolute atomic E-state index is 0.0248. The maximum absolute atomic E-state index is 13.2. The van der Waals surface area contributed by atoms with Crippen LogP contribution in [0.1, 0.15) is 30.3 Å². The van der Waals surface area contributed by atoms with Gasteiger partial charge in [-0.05, 0) is 42.3 Å². The summed E-state index contributed by atoms with van der Waals surface area (Å²) in [5.74, 6) is -0.424. The number of nitrogens with zero attached hydrogens (tertiary/aromatic N) is 2. The van der Waals surface area contributed by atoms with Crippen LogP contribution < -0.4 is 16.2 Å². The molecule has 0 unspecified atom stereocenters. The van der Waals surface area contributed by atoms with Crippen LogP contribution in [0.3, 0.4) is 0 Å². The van der Waals surface area contributed by atoms with Crippen LogP contribution in [-0.2, 0) is 11.3 Å². The highest BCUT2D eigenvalue weighted by Crippen LogP contribution is 2.43. The SMILES string of the molecule is C[C@@H](NC(=O)[C@@H]1N[C@@H]2c3ccc(-c4ccncc4)c(=O)n3C[C@@H]2[C@H]1CO)c1ccccc1. The minimum atomic E-state index is -0.509. The Kier molecular flexibility index (Phi) is 5.36. The predicted octanol–water partition coefficient (Wildman–Crippen LogP) is 2.04. The van der Waals surface area contributed by atoms with E-state index in [1.165, 1.54) is 0 Å². The van der Waals surface area contributed by atoms with Gasteiger partial charge in [0.1, 0.15) is 0 Å². The number of pyridine rings is 2.